The van der Waals surface area contributed by atoms with Gasteiger partial charge in [-0.1, -0.05) is 15.9 Å². The lowest BCUT2D eigenvalue weighted by molar-refractivity contribution is 0.173. The summed E-state index contributed by atoms with van der Waals surface area (Å²) in [6, 6.07) is 5.75. The lowest BCUT2D eigenvalue weighted by atomic mass is 10.1. The van der Waals surface area contributed by atoms with E-state index in [4.69, 9.17) is 4.74 Å². The molecule has 0 spiro atoms. The molecule has 3 nitrogen and oxygen atoms in total. The summed E-state index contributed by atoms with van der Waals surface area (Å²) >= 11 is 4.89. The minimum Gasteiger partial charge on any atom is -0.496 e. The number of ether oxygens (including phenoxy) is 1. The zero-order valence-electron chi connectivity index (χ0n) is 9.26. The normalized spacial score (nSPS) is 12.4. The molecule has 2 rings (SSSR count). The van der Waals surface area contributed by atoms with Gasteiger partial charge in [0.15, 0.2) is 0 Å². The Hall–Kier alpha value is -0.910. The third-order valence-electron chi connectivity index (χ3n) is 2.45. The van der Waals surface area contributed by atoms with E-state index in [9.17, 15) is 5.11 Å². The molecule has 0 saturated heterocycles. The molecule has 5 heteroatoms. The zero-order valence-corrected chi connectivity index (χ0v) is 11.7. The zero-order chi connectivity index (χ0) is 12.3. The van der Waals surface area contributed by atoms with E-state index < -0.39 is 6.10 Å². The first-order chi connectivity index (χ1) is 8.20. The Morgan fingerprint density at radius 1 is 1.53 bits per heavy atom. The second-order valence-corrected chi connectivity index (χ2v) is 5.22. The molecule has 17 heavy (non-hydrogen) atoms. The highest BCUT2D eigenvalue weighted by molar-refractivity contribution is 9.10. The first kappa shape index (κ1) is 12.5. The first-order valence-corrected chi connectivity index (χ1v) is 6.83. The summed E-state index contributed by atoms with van der Waals surface area (Å²) in [4.78, 5) is 4.11. The monoisotopic (exact) mass is 313 g/mol. The van der Waals surface area contributed by atoms with Crippen LogP contribution in [0.1, 0.15) is 17.4 Å². The van der Waals surface area contributed by atoms with Crippen molar-refractivity contribution >= 4 is 27.3 Å². The van der Waals surface area contributed by atoms with Gasteiger partial charge in [0.05, 0.1) is 18.3 Å². The van der Waals surface area contributed by atoms with Crippen LogP contribution in [-0.2, 0) is 6.42 Å². The van der Waals surface area contributed by atoms with E-state index in [1.807, 2.05) is 23.6 Å². The fourth-order valence-electron chi connectivity index (χ4n) is 1.61. The summed E-state index contributed by atoms with van der Waals surface area (Å²) < 4.78 is 6.24. The lowest BCUT2D eigenvalue weighted by Gasteiger charge is -2.12. The molecule has 1 aromatic carbocycles. The van der Waals surface area contributed by atoms with E-state index in [0.29, 0.717) is 12.1 Å². The number of thiazole rings is 1. The van der Waals surface area contributed by atoms with Crippen LogP contribution in [0, 0.1) is 0 Å². The van der Waals surface area contributed by atoms with Gasteiger partial charge in [0.25, 0.3) is 0 Å². The highest BCUT2D eigenvalue weighted by Gasteiger charge is 2.13. The number of hydrogen-bond acceptors (Lipinski definition) is 4. The van der Waals surface area contributed by atoms with Crippen molar-refractivity contribution in [1.29, 1.82) is 0 Å². The van der Waals surface area contributed by atoms with E-state index in [-0.39, 0.29) is 0 Å². The van der Waals surface area contributed by atoms with Gasteiger partial charge in [0.1, 0.15) is 11.9 Å². The Balaban J connectivity index is 2.20. The fourth-order valence-corrected chi connectivity index (χ4v) is 2.62. The number of rotatable bonds is 4. The SMILES string of the molecule is COc1ccc(Br)cc1CC(O)c1cscn1. The van der Waals surface area contributed by atoms with Crippen molar-refractivity contribution < 1.29 is 9.84 Å². The molecule has 0 amide bonds. The van der Waals surface area contributed by atoms with Crippen molar-refractivity contribution in [3.8, 4) is 5.75 Å². The lowest BCUT2D eigenvalue weighted by Crippen LogP contribution is -2.03. The van der Waals surface area contributed by atoms with Gasteiger partial charge >= 0.3 is 0 Å². The van der Waals surface area contributed by atoms with Gasteiger partial charge in [-0.25, -0.2) is 4.98 Å². The average Bonchev–Trinajstić information content (AvgIpc) is 2.83. The Kier molecular flexibility index (Phi) is 4.15. The van der Waals surface area contributed by atoms with Crippen LogP contribution in [0.4, 0.5) is 0 Å². The highest BCUT2D eigenvalue weighted by Crippen LogP contribution is 2.27. The number of hydrogen-bond donors (Lipinski definition) is 1. The molecular formula is C12H12BrNO2S. The Morgan fingerprint density at radius 2 is 2.35 bits per heavy atom. The van der Waals surface area contributed by atoms with Gasteiger partial charge in [0.2, 0.25) is 0 Å². The van der Waals surface area contributed by atoms with E-state index in [1.54, 1.807) is 12.6 Å². The molecule has 0 fully saturated rings. The number of aliphatic hydroxyl groups is 1. The standard InChI is InChI=1S/C12H12BrNO2S/c1-16-12-3-2-9(13)4-8(12)5-11(15)10-6-17-7-14-10/h2-4,6-7,11,15H,5H2,1H3. The molecule has 1 atom stereocenters. The molecule has 90 valence electrons. The maximum Gasteiger partial charge on any atom is 0.122 e. The van der Waals surface area contributed by atoms with Crippen LogP contribution in [0.3, 0.4) is 0 Å². The van der Waals surface area contributed by atoms with Crippen molar-refractivity contribution in [3.05, 3.63) is 44.8 Å². The Bertz CT molecular complexity index is 487. The number of methoxy groups -OCH3 is 1. The third kappa shape index (κ3) is 3.06. The van der Waals surface area contributed by atoms with E-state index in [1.165, 1.54) is 11.3 Å². The summed E-state index contributed by atoms with van der Waals surface area (Å²) in [5.41, 5.74) is 3.39. The van der Waals surface area contributed by atoms with Crippen LogP contribution in [-0.4, -0.2) is 17.2 Å². The molecule has 2 aromatic rings. The van der Waals surface area contributed by atoms with Crippen LogP contribution >= 0.6 is 27.3 Å². The largest absolute Gasteiger partial charge is 0.496 e. The van der Waals surface area contributed by atoms with Gasteiger partial charge in [-0.2, -0.15) is 0 Å². The van der Waals surface area contributed by atoms with Crippen LogP contribution in [0.2, 0.25) is 0 Å². The Labute approximate surface area is 112 Å². The maximum atomic E-state index is 10.0. The third-order valence-corrected chi connectivity index (χ3v) is 3.55. The molecule has 0 saturated carbocycles. The molecule has 1 unspecified atom stereocenters. The molecule has 1 aromatic heterocycles. The van der Waals surface area contributed by atoms with Gasteiger partial charge < -0.3 is 9.84 Å². The molecular weight excluding hydrogens is 302 g/mol. The van der Waals surface area contributed by atoms with Crippen molar-refractivity contribution in [2.75, 3.05) is 7.11 Å². The number of aliphatic hydroxyl groups excluding tert-OH is 1. The van der Waals surface area contributed by atoms with E-state index in [0.717, 1.165) is 15.8 Å². The van der Waals surface area contributed by atoms with Crippen molar-refractivity contribution in [1.82, 2.24) is 4.98 Å². The summed E-state index contributed by atoms with van der Waals surface area (Å²) in [6.07, 6.45) is -0.101. The van der Waals surface area contributed by atoms with E-state index in [2.05, 4.69) is 20.9 Å². The number of aromatic nitrogens is 1. The Morgan fingerprint density at radius 3 is 3.00 bits per heavy atom. The summed E-state index contributed by atoms with van der Waals surface area (Å²) in [7, 11) is 1.63. The van der Waals surface area contributed by atoms with Gasteiger partial charge in [0, 0.05) is 16.3 Å². The summed E-state index contributed by atoms with van der Waals surface area (Å²) in [6.45, 7) is 0. The molecule has 0 aliphatic carbocycles. The summed E-state index contributed by atoms with van der Waals surface area (Å²) in [5, 5.41) is 11.9. The fraction of sp³-hybridized carbons (Fsp3) is 0.250. The molecule has 1 heterocycles. The maximum absolute atomic E-state index is 10.0. The molecule has 1 N–H and O–H groups in total. The molecule has 0 radical (unpaired) electrons. The highest BCUT2D eigenvalue weighted by atomic mass is 79.9. The van der Waals surface area contributed by atoms with Gasteiger partial charge in [-0.15, -0.1) is 11.3 Å². The van der Waals surface area contributed by atoms with Crippen molar-refractivity contribution in [3.63, 3.8) is 0 Å². The molecule has 0 bridgehead atoms. The second kappa shape index (κ2) is 5.62. The average molecular weight is 314 g/mol. The molecule has 0 aliphatic rings. The van der Waals surface area contributed by atoms with Crippen LogP contribution in [0.5, 0.6) is 5.75 Å². The number of nitrogens with zero attached hydrogens (tertiary/aromatic N) is 1. The van der Waals surface area contributed by atoms with Gasteiger partial charge in [-0.3, -0.25) is 0 Å². The minimum absolute atomic E-state index is 0.492. The number of benzene rings is 1. The quantitative estimate of drug-likeness (QED) is 0.942. The van der Waals surface area contributed by atoms with Crippen molar-refractivity contribution in [2.45, 2.75) is 12.5 Å². The van der Waals surface area contributed by atoms with Crippen molar-refractivity contribution in [2.24, 2.45) is 0 Å². The predicted molar refractivity (Wildman–Crippen MR) is 71.5 cm³/mol. The second-order valence-electron chi connectivity index (χ2n) is 3.59. The predicted octanol–water partition coefficient (Wildman–Crippen LogP) is 3.19. The smallest absolute Gasteiger partial charge is 0.122 e. The van der Waals surface area contributed by atoms with Crippen LogP contribution < -0.4 is 4.74 Å². The first-order valence-electron chi connectivity index (χ1n) is 5.09. The van der Waals surface area contributed by atoms with Crippen LogP contribution in [0.15, 0.2) is 33.6 Å². The molecule has 0 aliphatic heterocycles. The number of halogens is 1. The van der Waals surface area contributed by atoms with Gasteiger partial charge in [-0.05, 0) is 23.8 Å². The summed E-state index contributed by atoms with van der Waals surface area (Å²) in [5.74, 6) is 0.780. The van der Waals surface area contributed by atoms with E-state index >= 15 is 0 Å². The van der Waals surface area contributed by atoms with Crippen LogP contribution in [0.25, 0.3) is 0 Å². The minimum atomic E-state index is -0.593. The topological polar surface area (TPSA) is 42.4 Å².